The van der Waals surface area contributed by atoms with Gasteiger partial charge >= 0.3 is 0 Å². The van der Waals surface area contributed by atoms with Gasteiger partial charge in [0.25, 0.3) is 8.32 Å². The molecule has 4 heteroatoms. The molecule has 0 radical (unpaired) electrons. The van der Waals surface area contributed by atoms with E-state index in [-0.39, 0.29) is 29.8 Å². The highest BCUT2D eigenvalue weighted by Gasteiger charge is 2.51. The first kappa shape index (κ1) is 19.3. The second-order valence-corrected chi connectivity index (χ2v) is 12.6. The zero-order valence-corrected chi connectivity index (χ0v) is 17.2. The van der Waals surface area contributed by atoms with Crippen molar-refractivity contribution >= 4 is 18.7 Å². The first-order chi connectivity index (χ1) is 12.4. The van der Waals surface area contributed by atoms with Gasteiger partial charge in [0.2, 0.25) is 0 Å². The van der Waals surface area contributed by atoms with E-state index < -0.39 is 8.32 Å². The van der Waals surface area contributed by atoms with Crippen LogP contribution in [0, 0.1) is 5.92 Å². The lowest BCUT2D eigenvalue weighted by Crippen LogP contribution is -2.67. The molecule has 0 unspecified atom stereocenters. The summed E-state index contributed by atoms with van der Waals surface area (Å²) in [7, 11) is -2.48. The Balaban J connectivity index is 1.98. The largest absolute Gasteiger partial charge is 0.407 e. The van der Waals surface area contributed by atoms with Gasteiger partial charge in [0.1, 0.15) is 6.10 Å². The van der Waals surface area contributed by atoms with Crippen molar-refractivity contribution in [3.05, 3.63) is 60.7 Å². The molecule has 3 nitrogen and oxygen atoms in total. The van der Waals surface area contributed by atoms with Gasteiger partial charge in [-0.15, -0.1) is 0 Å². The Hall–Kier alpha value is -1.46. The van der Waals surface area contributed by atoms with Gasteiger partial charge in [0, 0.05) is 12.5 Å². The zero-order chi connectivity index (χ0) is 18.8. The number of aliphatic hydroxyl groups excluding tert-OH is 1. The van der Waals surface area contributed by atoms with E-state index in [2.05, 4.69) is 88.4 Å². The molecule has 3 atom stereocenters. The van der Waals surface area contributed by atoms with Crippen LogP contribution in [-0.4, -0.2) is 38.8 Å². The standard InChI is InChI=1S/C22H30O3Si/c1-17(21-20(15-23)25-21)16-24-26(22(2,3)4,18-11-7-5-8-12-18)19-13-9-6-10-14-19/h5-14,17,20-21,23H,15-16H2,1-4H3/t17-,20-,21-/m0/s1. The lowest BCUT2D eigenvalue weighted by molar-refractivity contribution is 0.208. The maximum atomic E-state index is 9.28. The minimum Gasteiger partial charge on any atom is -0.407 e. The Bertz CT molecular complexity index is 657. The Kier molecular flexibility index (Phi) is 5.68. The Morgan fingerprint density at radius 1 is 1.00 bits per heavy atom. The number of ether oxygens (including phenoxy) is 1. The molecule has 1 saturated heterocycles. The molecule has 1 fully saturated rings. The van der Waals surface area contributed by atoms with Crippen molar-refractivity contribution < 1.29 is 14.3 Å². The third-order valence-electron chi connectivity index (χ3n) is 5.34. The maximum Gasteiger partial charge on any atom is 0.261 e. The summed E-state index contributed by atoms with van der Waals surface area (Å²) in [5, 5.41) is 11.8. The van der Waals surface area contributed by atoms with Gasteiger partial charge in [0.05, 0.1) is 12.7 Å². The van der Waals surface area contributed by atoms with Crippen LogP contribution in [0.15, 0.2) is 60.7 Å². The molecule has 1 aliphatic heterocycles. The monoisotopic (exact) mass is 370 g/mol. The lowest BCUT2D eigenvalue weighted by atomic mass is 10.1. The van der Waals surface area contributed by atoms with Gasteiger partial charge in [-0.3, -0.25) is 0 Å². The first-order valence-electron chi connectivity index (χ1n) is 9.41. The quantitative estimate of drug-likeness (QED) is 0.602. The molecule has 0 saturated carbocycles. The molecule has 1 N–H and O–H groups in total. The number of benzene rings is 2. The molecular formula is C22H30O3Si. The molecule has 3 rings (SSSR count). The summed E-state index contributed by atoms with van der Waals surface area (Å²) in [4.78, 5) is 0. The number of aliphatic hydroxyl groups is 1. The molecule has 0 aliphatic carbocycles. The molecule has 1 aliphatic rings. The van der Waals surface area contributed by atoms with E-state index >= 15 is 0 Å². The number of epoxide rings is 1. The van der Waals surface area contributed by atoms with Crippen LogP contribution in [0.5, 0.6) is 0 Å². The topological polar surface area (TPSA) is 42.0 Å². The van der Waals surface area contributed by atoms with Crippen LogP contribution in [0.25, 0.3) is 0 Å². The Morgan fingerprint density at radius 2 is 1.50 bits per heavy atom. The molecular weight excluding hydrogens is 340 g/mol. The SMILES string of the molecule is C[C@@H](CO[Si](c1ccccc1)(c1ccccc1)C(C)(C)C)[C@@H]1O[C@H]1CO. The normalized spacial score (nSPS) is 21.4. The van der Waals surface area contributed by atoms with Gasteiger partial charge < -0.3 is 14.3 Å². The maximum absolute atomic E-state index is 9.28. The summed E-state index contributed by atoms with van der Waals surface area (Å²) in [6, 6.07) is 21.4. The molecule has 26 heavy (non-hydrogen) atoms. The van der Waals surface area contributed by atoms with Crippen molar-refractivity contribution in [2.45, 2.75) is 44.9 Å². The van der Waals surface area contributed by atoms with Gasteiger partial charge in [0.15, 0.2) is 0 Å². The molecule has 0 bridgehead atoms. The van der Waals surface area contributed by atoms with Gasteiger partial charge in [-0.2, -0.15) is 0 Å². The minimum atomic E-state index is -2.48. The van der Waals surface area contributed by atoms with Gasteiger partial charge in [-0.1, -0.05) is 88.4 Å². The predicted molar refractivity (Wildman–Crippen MR) is 108 cm³/mol. The van der Waals surface area contributed by atoms with Crippen molar-refractivity contribution in [2.24, 2.45) is 5.92 Å². The Labute approximate surface area is 158 Å². The number of hydrogen-bond acceptors (Lipinski definition) is 3. The summed E-state index contributed by atoms with van der Waals surface area (Å²) < 4.78 is 12.5. The summed E-state index contributed by atoms with van der Waals surface area (Å²) in [6.07, 6.45) is 0.0889. The van der Waals surface area contributed by atoms with Gasteiger partial charge in [-0.05, 0) is 15.4 Å². The van der Waals surface area contributed by atoms with Crippen molar-refractivity contribution in [3.8, 4) is 0 Å². The molecule has 140 valence electrons. The second-order valence-electron chi connectivity index (χ2n) is 8.27. The van der Waals surface area contributed by atoms with E-state index in [9.17, 15) is 5.11 Å². The number of rotatable bonds is 7. The van der Waals surface area contributed by atoms with E-state index in [0.717, 1.165) is 0 Å². The van der Waals surface area contributed by atoms with E-state index in [4.69, 9.17) is 9.16 Å². The Morgan fingerprint density at radius 3 is 1.88 bits per heavy atom. The average Bonchev–Trinajstić information content (AvgIpc) is 3.43. The van der Waals surface area contributed by atoms with E-state index in [1.54, 1.807) is 0 Å². The fourth-order valence-electron chi connectivity index (χ4n) is 3.92. The summed E-state index contributed by atoms with van der Waals surface area (Å²) in [5.74, 6) is 0.258. The fraction of sp³-hybridized carbons (Fsp3) is 0.455. The van der Waals surface area contributed by atoms with Crippen LogP contribution in [0.4, 0.5) is 0 Å². The summed E-state index contributed by atoms with van der Waals surface area (Å²) >= 11 is 0. The predicted octanol–water partition coefficient (Wildman–Crippen LogP) is 2.96. The third-order valence-corrected chi connectivity index (χ3v) is 10.3. The van der Waals surface area contributed by atoms with E-state index in [1.165, 1.54) is 10.4 Å². The van der Waals surface area contributed by atoms with Crippen LogP contribution in [0.2, 0.25) is 5.04 Å². The highest BCUT2D eigenvalue weighted by Crippen LogP contribution is 2.38. The van der Waals surface area contributed by atoms with Crippen molar-refractivity contribution in [1.82, 2.24) is 0 Å². The smallest absolute Gasteiger partial charge is 0.261 e. The lowest BCUT2D eigenvalue weighted by Gasteiger charge is -2.43. The summed E-state index contributed by atoms with van der Waals surface area (Å²) in [5.41, 5.74) is 0. The molecule has 1 heterocycles. The molecule has 0 amide bonds. The van der Waals surface area contributed by atoms with Crippen LogP contribution in [0.1, 0.15) is 27.7 Å². The summed E-state index contributed by atoms with van der Waals surface area (Å²) in [6.45, 7) is 9.73. The van der Waals surface area contributed by atoms with Crippen LogP contribution < -0.4 is 10.4 Å². The van der Waals surface area contributed by atoms with E-state index in [1.807, 2.05) is 0 Å². The van der Waals surface area contributed by atoms with Crippen LogP contribution in [-0.2, 0) is 9.16 Å². The average molecular weight is 371 g/mol. The molecule has 0 spiro atoms. The molecule has 2 aromatic carbocycles. The van der Waals surface area contributed by atoms with Crippen molar-refractivity contribution in [2.75, 3.05) is 13.2 Å². The molecule has 0 aromatic heterocycles. The first-order valence-corrected chi connectivity index (χ1v) is 11.3. The molecule has 2 aromatic rings. The van der Waals surface area contributed by atoms with Crippen molar-refractivity contribution in [3.63, 3.8) is 0 Å². The van der Waals surface area contributed by atoms with E-state index in [0.29, 0.717) is 6.61 Å². The zero-order valence-electron chi connectivity index (χ0n) is 16.2. The fourth-order valence-corrected chi connectivity index (χ4v) is 8.59. The van der Waals surface area contributed by atoms with Gasteiger partial charge in [-0.25, -0.2) is 0 Å². The minimum absolute atomic E-state index is 0.0176. The van der Waals surface area contributed by atoms with Crippen molar-refractivity contribution in [1.29, 1.82) is 0 Å². The third kappa shape index (κ3) is 3.65. The second kappa shape index (κ2) is 7.65. The highest BCUT2D eigenvalue weighted by atomic mass is 28.4. The van der Waals surface area contributed by atoms with Crippen LogP contribution >= 0.6 is 0 Å². The number of hydrogen-bond donors (Lipinski definition) is 1. The van der Waals surface area contributed by atoms with Crippen LogP contribution in [0.3, 0.4) is 0 Å². The highest BCUT2D eigenvalue weighted by molar-refractivity contribution is 6.99.